The minimum absolute atomic E-state index is 0. The Morgan fingerprint density at radius 3 is 2.77 bits per heavy atom. The quantitative estimate of drug-likeness (QED) is 0.413. The van der Waals surface area contributed by atoms with Gasteiger partial charge in [0.2, 0.25) is 0 Å². The van der Waals surface area contributed by atoms with Crippen LogP contribution in [0.5, 0.6) is 0 Å². The molecule has 1 aliphatic rings. The Hall–Kier alpha value is -0.450. The van der Waals surface area contributed by atoms with E-state index in [-0.39, 0.29) is 30.1 Å². The minimum Gasteiger partial charge on any atom is -0.376 e. The number of aliphatic imine (C=N–C) groups is 1. The van der Waals surface area contributed by atoms with Crippen LogP contribution in [0.15, 0.2) is 4.99 Å². The van der Waals surface area contributed by atoms with E-state index in [0.717, 1.165) is 29.6 Å². The number of hydrogen-bond donors (Lipinski definition) is 2. The number of guanidine groups is 1. The van der Waals surface area contributed by atoms with E-state index in [1.54, 1.807) is 18.4 Å². The summed E-state index contributed by atoms with van der Waals surface area (Å²) in [7, 11) is 1.77. The van der Waals surface area contributed by atoms with Crippen molar-refractivity contribution >= 4 is 41.3 Å². The highest BCUT2D eigenvalue weighted by Gasteiger charge is 2.14. The van der Waals surface area contributed by atoms with Gasteiger partial charge in [0, 0.05) is 31.4 Å². The molecule has 0 saturated carbocycles. The molecule has 1 atom stereocenters. The second-order valence-electron chi connectivity index (χ2n) is 4.95. The number of aromatic nitrogens is 1. The molecule has 8 heteroatoms. The SMILES string of the molecule is CN=C(NCCc1nc(C)c(C)s1)NCC1COCCO1.I. The summed E-state index contributed by atoms with van der Waals surface area (Å²) in [5.74, 6) is 0.786. The van der Waals surface area contributed by atoms with Crippen molar-refractivity contribution in [3.05, 3.63) is 15.6 Å². The smallest absolute Gasteiger partial charge is 0.191 e. The molecule has 0 radical (unpaired) electrons. The number of ether oxygens (including phenoxy) is 2. The molecular formula is C14H25IN4O2S. The van der Waals surface area contributed by atoms with Crippen LogP contribution in [0.25, 0.3) is 0 Å². The first-order valence-corrected chi connectivity index (χ1v) is 8.07. The molecule has 2 N–H and O–H groups in total. The summed E-state index contributed by atoms with van der Waals surface area (Å²) in [6.45, 7) is 7.67. The molecule has 0 aromatic carbocycles. The van der Waals surface area contributed by atoms with Crippen LogP contribution in [0.3, 0.4) is 0 Å². The van der Waals surface area contributed by atoms with Crippen molar-refractivity contribution in [2.75, 3.05) is 40.0 Å². The number of halogens is 1. The zero-order valence-electron chi connectivity index (χ0n) is 13.3. The van der Waals surface area contributed by atoms with Crippen molar-refractivity contribution in [2.24, 2.45) is 4.99 Å². The monoisotopic (exact) mass is 440 g/mol. The maximum Gasteiger partial charge on any atom is 0.191 e. The molecule has 6 nitrogen and oxygen atoms in total. The highest BCUT2D eigenvalue weighted by molar-refractivity contribution is 14.0. The molecule has 1 fully saturated rings. The van der Waals surface area contributed by atoms with Gasteiger partial charge >= 0.3 is 0 Å². The first-order chi connectivity index (χ1) is 10.2. The van der Waals surface area contributed by atoms with Crippen LogP contribution in [0, 0.1) is 13.8 Å². The highest BCUT2D eigenvalue weighted by Crippen LogP contribution is 2.16. The van der Waals surface area contributed by atoms with Gasteiger partial charge in [-0.1, -0.05) is 0 Å². The van der Waals surface area contributed by atoms with E-state index in [0.29, 0.717) is 26.4 Å². The number of rotatable bonds is 5. The molecule has 2 rings (SSSR count). The van der Waals surface area contributed by atoms with Gasteiger partial charge in [-0.3, -0.25) is 4.99 Å². The Morgan fingerprint density at radius 2 is 2.18 bits per heavy atom. The van der Waals surface area contributed by atoms with E-state index in [9.17, 15) is 0 Å². The van der Waals surface area contributed by atoms with E-state index in [1.165, 1.54) is 4.88 Å². The summed E-state index contributed by atoms with van der Waals surface area (Å²) in [5.41, 5.74) is 1.13. The van der Waals surface area contributed by atoms with Gasteiger partial charge in [0.15, 0.2) is 5.96 Å². The first kappa shape index (κ1) is 19.6. The Labute approximate surface area is 153 Å². The lowest BCUT2D eigenvalue weighted by Gasteiger charge is -2.24. The first-order valence-electron chi connectivity index (χ1n) is 7.26. The van der Waals surface area contributed by atoms with Crippen molar-refractivity contribution in [3.8, 4) is 0 Å². The van der Waals surface area contributed by atoms with Gasteiger partial charge in [-0.2, -0.15) is 0 Å². The standard InChI is InChI=1S/C14H24N4O2S.HI/c1-10-11(2)21-13(18-10)4-5-16-14(15-3)17-8-12-9-19-6-7-20-12;/h12H,4-9H2,1-3H3,(H2,15,16,17);1H. The van der Waals surface area contributed by atoms with E-state index in [4.69, 9.17) is 9.47 Å². The van der Waals surface area contributed by atoms with Gasteiger partial charge in [-0.25, -0.2) is 4.98 Å². The summed E-state index contributed by atoms with van der Waals surface area (Å²) in [5, 5.41) is 7.72. The molecule has 0 spiro atoms. The van der Waals surface area contributed by atoms with Crippen molar-refractivity contribution in [2.45, 2.75) is 26.4 Å². The maximum atomic E-state index is 5.58. The summed E-state index contributed by atoms with van der Waals surface area (Å²) in [4.78, 5) is 10.0. The molecule has 1 unspecified atom stereocenters. The van der Waals surface area contributed by atoms with Crippen LogP contribution in [0.4, 0.5) is 0 Å². The van der Waals surface area contributed by atoms with Crippen molar-refractivity contribution in [1.29, 1.82) is 0 Å². The van der Waals surface area contributed by atoms with Gasteiger partial charge in [0.25, 0.3) is 0 Å². The normalized spacial score (nSPS) is 18.7. The second-order valence-corrected chi connectivity index (χ2v) is 6.23. The number of nitrogens with one attached hydrogen (secondary N) is 2. The molecule has 2 heterocycles. The number of hydrogen-bond acceptors (Lipinski definition) is 5. The molecule has 1 aromatic heterocycles. The predicted molar refractivity (Wildman–Crippen MR) is 101 cm³/mol. The van der Waals surface area contributed by atoms with E-state index in [1.807, 2.05) is 0 Å². The van der Waals surface area contributed by atoms with Crippen LogP contribution in [0.2, 0.25) is 0 Å². The summed E-state index contributed by atoms with van der Waals surface area (Å²) in [6, 6.07) is 0. The highest BCUT2D eigenvalue weighted by atomic mass is 127. The van der Waals surface area contributed by atoms with Gasteiger partial charge in [-0.05, 0) is 13.8 Å². The Morgan fingerprint density at radius 1 is 1.36 bits per heavy atom. The fourth-order valence-electron chi connectivity index (χ4n) is 2.02. The van der Waals surface area contributed by atoms with Gasteiger partial charge in [-0.15, -0.1) is 35.3 Å². The fourth-order valence-corrected chi connectivity index (χ4v) is 2.95. The Balaban J connectivity index is 0.00000242. The van der Waals surface area contributed by atoms with Crippen LogP contribution < -0.4 is 10.6 Å². The lowest BCUT2D eigenvalue weighted by Crippen LogP contribution is -2.45. The third-order valence-corrected chi connectivity index (χ3v) is 4.44. The summed E-state index contributed by atoms with van der Waals surface area (Å²) < 4.78 is 11.0. The molecule has 1 aromatic rings. The molecule has 126 valence electrons. The second kappa shape index (κ2) is 10.3. The molecule has 22 heavy (non-hydrogen) atoms. The zero-order chi connectivity index (χ0) is 15.1. The predicted octanol–water partition coefficient (Wildman–Crippen LogP) is 1.50. The zero-order valence-corrected chi connectivity index (χ0v) is 16.5. The molecule has 1 saturated heterocycles. The average molecular weight is 440 g/mol. The minimum atomic E-state index is 0. The Kier molecular flexibility index (Phi) is 9.22. The molecule has 1 aliphatic heterocycles. The fraction of sp³-hybridized carbons (Fsp3) is 0.714. The van der Waals surface area contributed by atoms with Crippen molar-refractivity contribution < 1.29 is 9.47 Å². The maximum absolute atomic E-state index is 5.58. The van der Waals surface area contributed by atoms with E-state index < -0.39 is 0 Å². The van der Waals surface area contributed by atoms with Gasteiger partial charge in [0.1, 0.15) is 0 Å². The number of thiazole rings is 1. The van der Waals surface area contributed by atoms with Crippen LogP contribution in [-0.2, 0) is 15.9 Å². The van der Waals surface area contributed by atoms with Crippen LogP contribution in [0.1, 0.15) is 15.6 Å². The van der Waals surface area contributed by atoms with Gasteiger partial charge in [0.05, 0.1) is 36.6 Å². The number of aryl methyl sites for hydroxylation is 2. The molecule has 0 aliphatic carbocycles. The number of nitrogens with zero attached hydrogens (tertiary/aromatic N) is 2. The topological polar surface area (TPSA) is 67.8 Å². The van der Waals surface area contributed by atoms with Crippen molar-refractivity contribution in [1.82, 2.24) is 15.6 Å². The van der Waals surface area contributed by atoms with Gasteiger partial charge < -0.3 is 20.1 Å². The van der Waals surface area contributed by atoms with E-state index >= 15 is 0 Å². The van der Waals surface area contributed by atoms with E-state index in [2.05, 4.69) is 34.5 Å². The summed E-state index contributed by atoms with van der Waals surface area (Å²) >= 11 is 1.76. The molecule has 0 bridgehead atoms. The third-order valence-electron chi connectivity index (χ3n) is 3.31. The molecular weight excluding hydrogens is 415 g/mol. The summed E-state index contributed by atoms with van der Waals surface area (Å²) in [6.07, 6.45) is 1.00. The van der Waals surface area contributed by atoms with Crippen LogP contribution >= 0.6 is 35.3 Å². The third kappa shape index (κ3) is 6.35. The Bertz CT molecular complexity index is 456. The average Bonchev–Trinajstić information content (AvgIpc) is 2.82. The van der Waals surface area contributed by atoms with Crippen molar-refractivity contribution in [3.63, 3.8) is 0 Å². The lowest BCUT2D eigenvalue weighted by atomic mass is 10.3. The van der Waals surface area contributed by atoms with Crippen LogP contribution in [-0.4, -0.2) is 57.0 Å². The lowest BCUT2D eigenvalue weighted by molar-refractivity contribution is -0.0850. The molecule has 0 amide bonds. The largest absolute Gasteiger partial charge is 0.376 e.